The molecular weight excluding hydrogens is 491 g/mol. The molecule has 4 rings (SSSR count). The quantitative estimate of drug-likeness (QED) is 0.474. The second kappa shape index (κ2) is 9.76. The molecule has 1 unspecified atom stereocenters. The summed E-state index contributed by atoms with van der Waals surface area (Å²) in [4.78, 5) is 18.5. The van der Waals surface area contributed by atoms with Crippen LogP contribution in [0.5, 0.6) is 0 Å². The summed E-state index contributed by atoms with van der Waals surface area (Å²) in [7, 11) is -3.73. The minimum absolute atomic E-state index is 0.0493. The van der Waals surface area contributed by atoms with E-state index in [2.05, 4.69) is 15.0 Å². The number of amides is 1. The van der Waals surface area contributed by atoms with Crippen LogP contribution in [0.15, 0.2) is 58.9 Å². The zero-order valence-corrected chi connectivity index (χ0v) is 19.9. The van der Waals surface area contributed by atoms with E-state index >= 15 is 0 Å². The van der Waals surface area contributed by atoms with Crippen molar-refractivity contribution < 1.29 is 13.2 Å². The van der Waals surface area contributed by atoms with Crippen molar-refractivity contribution in [3.05, 3.63) is 69.7 Å². The van der Waals surface area contributed by atoms with E-state index in [4.69, 9.17) is 23.2 Å². The highest BCUT2D eigenvalue weighted by atomic mass is 35.5. The molecule has 1 atom stereocenters. The summed E-state index contributed by atoms with van der Waals surface area (Å²) in [6.07, 6.45) is 2.79. The zero-order valence-electron chi connectivity index (χ0n) is 16.8. The maximum Gasteiger partial charge on any atom is 0.263 e. The number of sulfonamides is 1. The van der Waals surface area contributed by atoms with Crippen LogP contribution in [0, 0.1) is 0 Å². The molecule has 0 aliphatic carbocycles. The Bertz CT molecular complexity index is 1180. The van der Waals surface area contributed by atoms with Crippen LogP contribution in [0.4, 0.5) is 10.8 Å². The molecule has 0 spiro atoms. The first kappa shape index (κ1) is 23.0. The van der Waals surface area contributed by atoms with Gasteiger partial charge in [-0.1, -0.05) is 29.3 Å². The smallest absolute Gasteiger partial charge is 0.263 e. The number of anilines is 2. The van der Waals surface area contributed by atoms with Gasteiger partial charge in [-0.2, -0.15) is 0 Å². The number of carbonyl (C=O) groups is 1. The third-order valence-electron chi connectivity index (χ3n) is 5.15. The van der Waals surface area contributed by atoms with Gasteiger partial charge >= 0.3 is 0 Å². The van der Waals surface area contributed by atoms with Crippen molar-refractivity contribution in [3.63, 3.8) is 0 Å². The first-order chi connectivity index (χ1) is 15.3. The fourth-order valence-corrected chi connectivity index (χ4v) is 5.90. The number of hydrogen-bond donors (Lipinski definition) is 2. The SMILES string of the molecule is O=C1C(NCCc2c(Cl)cccc2Cl)CCN1c1ccc(S(=O)(=O)Nc2nccs2)cc1. The minimum atomic E-state index is -3.73. The van der Waals surface area contributed by atoms with E-state index < -0.39 is 10.0 Å². The Morgan fingerprint density at radius 1 is 1.12 bits per heavy atom. The monoisotopic (exact) mass is 510 g/mol. The maximum atomic E-state index is 12.8. The number of halogens is 2. The zero-order chi connectivity index (χ0) is 22.7. The van der Waals surface area contributed by atoms with E-state index in [-0.39, 0.29) is 16.8 Å². The van der Waals surface area contributed by atoms with Gasteiger partial charge in [0, 0.05) is 40.4 Å². The van der Waals surface area contributed by atoms with Crippen LogP contribution in [0.3, 0.4) is 0 Å². The van der Waals surface area contributed by atoms with Gasteiger partial charge in [-0.25, -0.2) is 13.4 Å². The number of nitrogens with zero attached hydrogens (tertiary/aromatic N) is 2. The highest BCUT2D eigenvalue weighted by Gasteiger charge is 2.32. The molecule has 11 heteroatoms. The topological polar surface area (TPSA) is 91.4 Å². The second-order valence-electron chi connectivity index (χ2n) is 7.17. The van der Waals surface area contributed by atoms with E-state index in [0.29, 0.717) is 46.8 Å². The van der Waals surface area contributed by atoms with Gasteiger partial charge in [0.15, 0.2) is 5.13 Å². The van der Waals surface area contributed by atoms with Crippen molar-refractivity contribution in [1.82, 2.24) is 10.3 Å². The first-order valence-corrected chi connectivity index (χ1v) is 13.0. The highest BCUT2D eigenvalue weighted by Crippen LogP contribution is 2.26. The Hall–Kier alpha value is -2.17. The average molecular weight is 511 g/mol. The van der Waals surface area contributed by atoms with Crippen LogP contribution in [0.1, 0.15) is 12.0 Å². The molecule has 1 amide bonds. The van der Waals surface area contributed by atoms with Crippen molar-refractivity contribution in [3.8, 4) is 0 Å². The normalized spacial score (nSPS) is 16.5. The molecule has 1 aliphatic rings. The van der Waals surface area contributed by atoms with Gasteiger partial charge < -0.3 is 10.2 Å². The number of hydrogen-bond acceptors (Lipinski definition) is 6. The highest BCUT2D eigenvalue weighted by molar-refractivity contribution is 7.93. The van der Waals surface area contributed by atoms with Gasteiger partial charge in [0.1, 0.15) is 0 Å². The van der Waals surface area contributed by atoms with Gasteiger partial charge in [-0.3, -0.25) is 9.52 Å². The average Bonchev–Trinajstić information content (AvgIpc) is 3.40. The fraction of sp³-hybridized carbons (Fsp3) is 0.238. The summed E-state index contributed by atoms with van der Waals surface area (Å²) in [5.74, 6) is -0.0493. The molecule has 1 aromatic heterocycles. The van der Waals surface area contributed by atoms with Crippen molar-refractivity contribution in [1.29, 1.82) is 0 Å². The molecule has 2 aromatic carbocycles. The number of thiazole rings is 1. The number of aromatic nitrogens is 1. The van der Waals surface area contributed by atoms with E-state index in [1.807, 2.05) is 0 Å². The lowest BCUT2D eigenvalue weighted by molar-refractivity contribution is -0.118. The summed E-state index contributed by atoms with van der Waals surface area (Å²) >= 11 is 13.6. The number of rotatable bonds is 8. The van der Waals surface area contributed by atoms with Crippen LogP contribution in [-0.4, -0.2) is 38.4 Å². The van der Waals surface area contributed by atoms with E-state index in [0.717, 1.165) is 5.56 Å². The Morgan fingerprint density at radius 2 is 1.84 bits per heavy atom. The standard InChI is InChI=1S/C21H20Cl2N4O3S2/c22-17-2-1-3-18(23)16(17)8-10-24-19-9-12-27(20(19)28)14-4-6-15(7-5-14)32(29,30)26-21-25-11-13-31-21/h1-7,11,13,19,24H,8-10,12H2,(H,25,26). The van der Waals surface area contributed by atoms with Crippen molar-refractivity contribution >= 4 is 61.3 Å². The van der Waals surface area contributed by atoms with Gasteiger partial charge in [-0.15, -0.1) is 11.3 Å². The second-order valence-corrected chi connectivity index (χ2v) is 10.6. The molecule has 168 valence electrons. The number of benzene rings is 2. The third-order valence-corrected chi connectivity index (χ3v) is 8.03. The summed E-state index contributed by atoms with van der Waals surface area (Å²) in [6.45, 7) is 1.11. The Balaban J connectivity index is 1.36. The van der Waals surface area contributed by atoms with Gasteiger partial charge in [0.25, 0.3) is 10.0 Å². The molecule has 0 radical (unpaired) electrons. The molecule has 0 saturated carbocycles. The fourth-order valence-electron chi connectivity index (χ4n) is 3.52. The summed E-state index contributed by atoms with van der Waals surface area (Å²) in [5.41, 5.74) is 1.51. The maximum absolute atomic E-state index is 12.8. The summed E-state index contributed by atoms with van der Waals surface area (Å²) in [5, 5.41) is 6.48. The molecule has 32 heavy (non-hydrogen) atoms. The van der Waals surface area contributed by atoms with E-state index in [1.54, 1.807) is 40.6 Å². The molecule has 3 aromatic rings. The summed E-state index contributed by atoms with van der Waals surface area (Å²) in [6, 6.07) is 11.3. The molecule has 1 saturated heterocycles. The van der Waals surface area contributed by atoms with Gasteiger partial charge in [-0.05, 0) is 54.8 Å². The Kier molecular flexibility index (Phi) is 7.02. The number of nitrogens with one attached hydrogen (secondary N) is 2. The van der Waals surface area contributed by atoms with Crippen LogP contribution >= 0.6 is 34.5 Å². The molecule has 7 nitrogen and oxygen atoms in total. The largest absolute Gasteiger partial charge is 0.311 e. The van der Waals surface area contributed by atoms with Gasteiger partial charge in [0.2, 0.25) is 5.91 Å². The van der Waals surface area contributed by atoms with Gasteiger partial charge in [0.05, 0.1) is 10.9 Å². The lowest BCUT2D eigenvalue weighted by Gasteiger charge is -2.18. The molecule has 1 fully saturated rings. The van der Waals surface area contributed by atoms with E-state index in [1.165, 1.54) is 29.7 Å². The Labute approximate surface area is 200 Å². The van der Waals surface area contributed by atoms with Crippen molar-refractivity contribution in [2.45, 2.75) is 23.8 Å². The molecule has 0 bridgehead atoms. The van der Waals surface area contributed by atoms with Crippen LogP contribution in [0.25, 0.3) is 0 Å². The molecular formula is C21H20Cl2N4O3S2. The molecule has 1 aliphatic heterocycles. The third kappa shape index (κ3) is 5.07. The molecule has 2 N–H and O–H groups in total. The predicted octanol–water partition coefficient (Wildman–Crippen LogP) is 4.19. The van der Waals surface area contributed by atoms with Crippen LogP contribution in [0.2, 0.25) is 10.0 Å². The number of carbonyl (C=O) groups excluding carboxylic acids is 1. The first-order valence-electron chi connectivity index (χ1n) is 9.85. The Morgan fingerprint density at radius 3 is 2.50 bits per heavy atom. The lowest BCUT2D eigenvalue weighted by atomic mass is 10.1. The van der Waals surface area contributed by atoms with Crippen LogP contribution < -0.4 is 14.9 Å². The van der Waals surface area contributed by atoms with Crippen molar-refractivity contribution in [2.24, 2.45) is 0 Å². The lowest BCUT2D eigenvalue weighted by Crippen LogP contribution is -2.39. The predicted molar refractivity (Wildman–Crippen MR) is 128 cm³/mol. The minimum Gasteiger partial charge on any atom is -0.311 e. The van der Waals surface area contributed by atoms with Crippen molar-refractivity contribution in [2.75, 3.05) is 22.7 Å². The van der Waals surface area contributed by atoms with Crippen LogP contribution in [-0.2, 0) is 21.2 Å². The molecule has 2 heterocycles. The van der Waals surface area contributed by atoms with E-state index in [9.17, 15) is 13.2 Å². The summed E-state index contributed by atoms with van der Waals surface area (Å²) < 4.78 is 27.4.